The van der Waals surface area contributed by atoms with Gasteiger partial charge in [0.05, 0.1) is 15.1 Å². The monoisotopic (exact) mass is 417 g/mol. The van der Waals surface area contributed by atoms with Crippen molar-refractivity contribution in [2.45, 2.75) is 24.8 Å². The maximum absolute atomic E-state index is 13.2. The van der Waals surface area contributed by atoms with Gasteiger partial charge in [0.15, 0.2) is 0 Å². The van der Waals surface area contributed by atoms with E-state index >= 15 is 0 Å². The van der Waals surface area contributed by atoms with Crippen LogP contribution in [0.3, 0.4) is 0 Å². The molecule has 2 aromatic carbocycles. The number of rotatable bonds is 3. The Morgan fingerprint density at radius 2 is 1.89 bits per heavy atom. The summed E-state index contributed by atoms with van der Waals surface area (Å²) < 4.78 is 30.2. The molecule has 4 rings (SSSR count). The van der Waals surface area contributed by atoms with Crippen molar-refractivity contribution in [3.05, 3.63) is 57.7 Å². The smallest absolute Gasteiger partial charge is 0.307 e. The molecule has 3 aromatic rings. The lowest BCUT2D eigenvalue weighted by Gasteiger charge is -2.40. The van der Waals surface area contributed by atoms with Crippen molar-refractivity contribution in [1.29, 1.82) is 0 Å². The highest BCUT2D eigenvalue weighted by Crippen LogP contribution is 2.27. The van der Waals surface area contributed by atoms with E-state index in [1.54, 1.807) is 34.1 Å². The van der Waals surface area contributed by atoms with Gasteiger partial charge < -0.3 is 9.47 Å². The number of hydrogen-bond donors (Lipinski definition) is 0. The predicted molar refractivity (Wildman–Crippen MR) is 114 cm³/mol. The van der Waals surface area contributed by atoms with E-state index in [-0.39, 0.29) is 15.8 Å². The molecule has 0 bridgehead atoms. The Morgan fingerprint density at radius 3 is 2.61 bits per heavy atom. The number of aromatic nitrogens is 1. The van der Waals surface area contributed by atoms with Crippen LogP contribution in [0, 0.1) is 6.92 Å². The minimum Gasteiger partial charge on any atom is -0.366 e. The van der Waals surface area contributed by atoms with Crippen LogP contribution >= 0.6 is 11.3 Å². The summed E-state index contributed by atoms with van der Waals surface area (Å²) in [6.07, 6.45) is 0. The van der Waals surface area contributed by atoms with Crippen LogP contribution in [0.1, 0.15) is 12.5 Å². The van der Waals surface area contributed by atoms with Crippen molar-refractivity contribution < 1.29 is 8.42 Å². The van der Waals surface area contributed by atoms with Crippen LogP contribution in [-0.2, 0) is 17.1 Å². The number of aryl methyl sites for hydroxylation is 2. The topological polar surface area (TPSA) is 62.6 Å². The first-order valence-corrected chi connectivity index (χ1v) is 11.5. The van der Waals surface area contributed by atoms with Gasteiger partial charge in [0.25, 0.3) is 0 Å². The summed E-state index contributed by atoms with van der Waals surface area (Å²) in [4.78, 5) is 14.3. The maximum atomic E-state index is 13.2. The normalized spacial score (nSPS) is 18.7. The molecule has 0 aliphatic carbocycles. The predicted octanol–water partition coefficient (Wildman–Crippen LogP) is 2.81. The molecule has 1 fully saturated rings. The van der Waals surface area contributed by atoms with Crippen LogP contribution in [0.4, 0.5) is 5.69 Å². The standard InChI is InChI=1S/C20H23N3O3S2/c1-14-5-4-6-16(11-14)23-10-9-22(13-15(23)2)28(25,26)17-7-8-18-19(12-17)27-20(24)21(18)3/h4-8,11-12,15H,9-10,13H2,1-3H3. The van der Waals surface area contributed by atoms with Gasteiger partial charge in [-0.1, -0.05) is 23.5 Å². The number of fused-ring (bicyclic) bond motifs is 1. The fraction of sp³-hybridized carbons (Fsp3) is 0.350. The Balaban J connectivity index is 1.60. The lowest BCUT2D eigenvalue weighted by molar-refractivity contribution is 0.342. The quantitative estimate of drug-likeness (QED) is 0.657. The average Bonchev–Trinajstić information content (AvgIpc) is 2.95. The second-order valence-electron chi connectivity index (χ2n) is 7.30. The number of benzene rings is 2. The van der Waals surface area contributed by atoms with E-state index in [0.717, 1.165) is 22.5 Å². The summed E-state index contributed by atoms with van der Waals surface area (Å²) in [6, 6.07) is 13.3. The number of piperazine rings is 1. The summed E-state index contributed by atoms with van der Waals surface area (Å²) in [5.41, 5.74) is 3.07. The largest absolute Gasteiger partial charge is 0.366 e. The molecular formula is C20H23N3O3S2. The second kappa shape index (κ2) is 7.02. The first kappa shape index (κ1) is 19.2. The van der Waals surface area contributed by atoms with E-state index in [1.807, 2.05) is 6.07 Å². The molecule has 2 heterocycles. The van der Waals surface area contributed by atoms with Gasteiger partial charge in [0.2, 0.25) is 10.0 Å². The van der Waals surface area contributed by atoms with Gasteiger partial charge >= 0.3 is 4.87 Å². The van der Waals surface area contributed by atoms with Gasteiger partial charge in [-0.25, -0.2) is 8.42 Å². The molecule has 8 heteroatoms. The lowest BCUT2D eigenvalue weighted by atomic mass is 10.1. The zero-order valence-corrected chi connectivity index (χ0v) is 17.8. The summed E-state index contributed by atoms with van der Waals surface area (Å²) in [7, 11) is -1.91. The van der Waals surface area contributed by atoms with E-state index in [2.05, 4.69) is 36.9 Å². The highest BCUT2D eigenvalue weighted by atomic mass is 32.2. The Hall–Kier alpha value is -2.16. The van der Waals surface area contributed by atoms with Gasteiger partial charge in [-0.3, -0.25) is 4.79 Å². The third-order valence-electron chi connectivity index (χ3n) is 5.33. The molecular weight excluding hydrogens is 394 g/mol. The van der Waals surface area contributed by atoms with E-state index in [0.29, 0.717) is 24.3 Å². The average molecular weight is 418 g/mol. The van der Waals surface area contributed by atoms with Crippen molar-refractivity contribution in [3.8, 4) is 0 Å². The lowest BCUT2D eigenvalue weighted by Crippen LogP contribution is -2.53. The van der Waals surface area contributed by atoms with E-state index in [4.69, 9.17) is 0 Å². The molecule has 28 heavy (non-hydrogen) atoms. The van der Waals surface area contributed by atoms with Crippen LogP contribution in [0.2, 0.25) is 0 Å². The van der Waals surface area contributed by atoms with Crippen molar-refractivity contribution in [2.75, 3.05) is 24.5 Å². The minimum atomic E-state index is -3.60. The van der Waals surface area contributed by atoms with E-state index in [1.165, 1.54) is 5.56 Å². The van der Waals surface area contributed by atoms with Crippen LogP contribution in [0.25, 0.3) is 10.2 Å². The van der Waals surface area contributed by atoms with Crippen molar-refractivity contribution in [2.24, 2.45) is 7.05 Å². The third kappa shape index (κ3) is 3.25. The van der Waals surface area contributed by atoms with E-state index in [9.17, 15) is 13.2 Å². The first-order chi connectivity index (χ1) is 13.3. The number of nitrogens with zero attached hydrogens (tertiary/aromatic N) is 3. The number of hydrogen-bond acceptors (Lipinski definition) is 5. The van der Waals surface area contributed by atoms with Crippen LogP contribution in [0.15, 0.2) is 52.2 Å². The molecule has 0 N–H and O–H groups in total. The van der Waals surface area contributed by atoms with Crippen LogP contribution in [0.5, 0.6) is 0 Å². The van der Waals surface area contributed by atoms with Crippen molar-refractivity contribution in [3.63, 3.8) is 0 Å². The third-order valence-corrected chi connectivity index (χ3v) is 8.18. The summed E-state index contributed by atoms with van der Waals surface area (Å²) in [5.74, 6) is 0. The molecule has 1 aliphatic heterocycles. The minimum absolute atomic E-state index is 0.0711. The van der Waals surface area contributed by atoms with Crippen LogP contribution < -0.4 is 9.77 Å². The maximum Gasteiger partial charge on any atom is 0.307 e. The van der Waals surface area contributed by atoms with Crippen molar-refractivity contribution in [1.82, 2.24) is 8.87 Å². The van der Waals surface area contributed by atoms with Gasteiger partial charge in [-0.05, 0) is 49.7 Å². The molecule has 148 valence electrons. The highest BCUT2D eigenvalue weighted by molar-refractivity contribution is 7.89. The Kier molecular flexibility index (Phi) is 4.81. The fourth-order valence-electron chi connectivity index (χ4n) is 3.76. The zero-order valence-electron chi connectivity index (χ0n) is 16.1. The molecule has 0 saturated carbocycles. The second-order valence-corrected chi connectivity index (χ2v) is 10.2. The molecule has 0 amide bonds. The molecule has 0 radical (unpaired) electrons. The molecule has 1 aliphatic rings. The molecule has 1 saturated heterocycles. The van der Waals surface area contributed by atoms with Gasteiger partial charge in [-0.2, -0.15) is 4.31 Å². The first-order valence-electron chi connectivity index (χ1n) is 9.20. The Labute approximate surface area is 168 Å². The molecule has 6 nitrogen and oxygen atoms in total. The van der Waals surface area contributed by atoms with Gasteiger partial charge in [0.1, 0.15) is 0 Å². The SMILES string of the molecule is Cc1cccc(N2CCN(S(=O)(=O)c3ccc4c(c3)sc(=O)n4C)CC2C)c1. The van der Waals surface area contributed by atoms with Gasteiger partial charge in [0, 0.05) is 38.4 Å². The molecule has 1 atom stereocenters. The molecule has 1 aromatic heterocycles. The molecule has 0 spiro atoms. The summed E-state index contributed by atoms with van der Waals surface area (Å²) in [5, 5.41) is 0. The Bertz CT molecular complexity index is 1200. The fourth-order valence-corrected chi connectivity index (χ4v) is 6.29. The molecule has 1 unspecified atom stereocenters. The highest BCUT2D eigenvalue weighted by Gasteiger charge is 2.32. The number of thiazole rings is 1. The summed E-state index contributed by atoms with van der Waals surface area (Å²) in [6.45, 7) is 5.62. The number of anilines is 1. The number of sulfonamides is 1. The van der Waals surface area contributed by atoms with Gasteiger partial charge in [-0.15, -0.1) is 0 Å². The Morgan fingerprint density at radius 1 is 1.11 bits per heavy atom. The van der Waals surface area contributed by atoms with E-state index < -0.39 is 10.0 Å². The summed E-state index contributed by atoms with van der Waals surface area (Å²) >= 11 is 1.07. The van der Waals surface area contributed by atoms with Crippen LogP contribution in [-0.4, -0.2) is 43.0 Å². The van der Waals surface area contributed by atoms with Crippen molar-refractivity contribution >= 4 is 37.3 Å². The zero-order chi connectivity index (χ0) is 20.1.